The highest BCUT2D eigenvalue weighted by Gasteiger charge is 2.17. The summed E-state index contributed by atoms with van der Waals surface area (Å²) < 4.78 is 6.56. The number of benzene rings is 1. The standard InChI is InChI=1S/C15H17BrClNOS/c1-3-6-19-12-5-4-10(7-11(12)16)14(18)15-13(17)9(2)8-20-15/h4-5,7-8,14H,3,6,18H2,1-2H3. The number of rotatable bonds is 5. The number of hydrogen-bond donors (Lipinski definition) is 1. The van der Waals surface area contributed by atoms with Gasteiger partial charge < -0.3 is 10.5 Å². The zero-order chi connectivity index (χ0) is 14.7. The van der Waals surface area contributed by atoms with Crippen LogP contribution in [0.2, 0.25) is 5.02 Å². The summed E-state index contributed by atoms with van der Waals surface area (Å²) >= 11 is 11.4. The van der Waals surface area contributed by atoms with Gasteiger partial charge in [-0.25, -0.2) is 0 Å². The number of hydrogen-bond acceptors (Lipinski definition) is 3. The van der Waals surface area contributed by atoms with Gasteiger partial charge in [-0.15, -0.1) is 11.3 Å². The molecule has 0 radical (unpaired) electrons. The maximum atomic E-state index is 6.31. The molecule has 0 aliphatic rings. The summed E-state index contributed by atoms with van der Waals surface area (Å²) in [6.45, 7) is 4.78. The second-order valence-electron chi connectivity index (χ2n) is 4.61. The van der Waals surface area contributed by atoms with Crippen LogP contribution >= 0.6 is 38.9 Å². The van der Waals surface area contributed by atoms with E-state index in [1.165, 1.54) is 0 Å². The maximum Gasteiger partial charge on any atom is 0.133 e. The van der Waals surface area contributed by atoms with Gasteiger partial charge in [-0.1, -0.05) is 24.6 Å². The van der Waals surface area contributed by atoms with Crippen molar-refractivity contribution in [1.82, 2.24) is 0 Å². The molecule has 2 nitrogen and oxygen atoms in total. The zero-order valence-electron chi connectivity index (χ0n) is 11.5. The predicted octanol–water partition coefficient (Wildman–Crippen LogP) is 5.31. The van der Waals surface area contributed by atoms with Crippen LogP contribution < -0.4 is 10.5 Å². The van der Waals surface area contributed by atoms with Crippen LogP contribution in [0.3, 0.4) is 0 Å². The third-order valence-corrected chi connectivity index (χ3v) is 5.40. The van der Waals surface area contributed by atoms with Crippen LogP contribution in [-0.2, 0) is 0 Å². The van der Waals surface area contributed by atoms with E-state index in [-0.39, 0.29) is 6.04 Å². The van der Waals surface area contributed by atoms with Gasteiger partial charge in [0.25, 0.3) is 0 Å². The van der Waals surface area contributed by atoms with Crippen molar-refractivity contribution in [3.05, 3.63) is 49.1 Å². The molecule has 0 saturated carbocycles. The maximum absolute atomic E-state index is 6.31. The van der Waals surface area contributed by atoms with Gasteiger partial charge in [0, 0.05) is 4.88 Å². The van der Waals surface area contributed by atoms with Crippen LogP contribution in [0, 0.1) is 6.92 Å². The van der Waals surface area contributed by atoms with Crippen molar-refractivity contribution in [2.75, 3.05) is 6.61 Å². The smallest absolute Gasteiger partial charge is 0.133 e. The Labute approximate surface area is 137 Å². The molecule has 0 fully saturated rings. The first-order valence-electron chi connectivity index (χ1n) is 6.46. The number of aryl methyl sites for hydroxylation is 1. The third kappa shape index (κ3) is 3.37. The van der Waals surface area contributed by atoms with Crippen LogP contribution in [0.5, 0.6) is 5.75 Å². The van der Waals surface area contributed by atoms with Gasteiger partial charge in [-0.3, -0.25) is 0 Å². The zero-order valence-corrected chi connectivity index (χ0v) is 14.6. The Morgan fingerprint density at radius 1 is 1.45 bits per heavy atom. The Bertz CT molecular complexity index is 600. The second kappa shape index (κ2) is 6.94. The van der Waals surface area contributed by atoms with Crippen molar-refractivity contribution in [1.29, 1.82) is 0 Å². The highest BCUT2D eigenvalue weighted by molar-refractivity contribution is 9.10. The first kappa shape index (κ1) is 15.8. The van der Waals surface area contributed by atoms with Crippen molar-refractivity contribution in [3.8, 4) is 5.75 Å². The SMILES string of the molecule is CCCOc1ccc(C(N)c2scc(C)c2Cl)cc1Br. The summed E-state index contributed by atoms with van der Waals surface area (Å²) in [7, 11) is 0. The van der Waals surface area contributed by atoms with Crippen molar-refractivity contribution in [2.24, 2.45) is 5.73 Å². The molecule has 2 aromatic rings. The summed E-state index contributed by atoms with van der Waals surface area (Å²) in [6.07, 6.45) is 0.984. The predicted molar refractivity (Wildman–Crippen MR) is 90.0 cm³/mol. The van der Waals surface area contributed by atoms with Crippen LogP contribution in [0.1, 0.15) is 35.4 Å². The minimum absolute atomic E-state index is 0.210. The fraction of sp³-hybridized carbons (Fsp3) is 0.333. The summed E-state index contributed by atoms with van der Waals surface area (Å²) in [6, 6.07) is 5.73. The Hall–Kier alpha value is -0.550. The highest BCUT2D eigenvalue weighted by atomic mass is 79.9. The monoisotopic (exact) mass is 373 g/mol. The van der Waals surface area contributed by atoms with Gasteiger partial charge in [0.05, 0.1) is 22.1 Å². The molecule has 0 bridgehead atoms. The topological polar surface area (TPSA) is 35.2 Å². The number of thiophene rings is 1. The average Bonchev–Trinajstić information content (AvgIpc) is 2.77. The molecule has 1 unspecified atom stereocenters. The first-order valence-corrected chi connectivity index (χ1v) is 8.51. The quantitative estimate of drug-likeness (QED) is 0.769. The molecule has 2 N–H and O–H groups in total. The molecule has 2 rings (SSSR count). The average molecular weight is 375 g/mol. The van der Waals surface area contributed by atoms with E-state index >= 15 is 0 Å². The Morgan fingerprint density at radius 2 is 2.20 bits per heavy atom. The number of ether oxygens (including phenoxy) is 1. The van der Waals surface area contributed by atoms with E-state index in [1.54, 1.807) is 11.3 Å². The fourth-order valence-corrected chi connectivity index (χ4v) is 3.70. The van der Waals surface area contributed by atoms with E-state index < -0.39 is 0 Å². The molecule has 1 atom stereocenters. The van der Waals surface area contributed by atoms with Crippen LogP contribution in [0.25, 0.3) is 0 Å². The van der Waals surface area contributed by atoms with Gasteiger partial charge in [-0.2, -0.15) is 0 Å². The summed E-state index contributed by atoms with van der Waals surface area (Å²) in [5.41, 5.74) is 8.41. The van der Waals surface area contributed by atoms with Gasteiger partial charge in [-0.05, 0) is 57.9 Å². The molecule has 20 heavy (non-hydrogen) atoms. The molecule has 0 spiro atoms. The minimum Gasteiger partial charge on any atom is -0.492 e. The van der Waals surface area contributed by atoms with Crippen LogP contribution in [-0.4, -0.2) is 6.61 Å². The van der Waals surface area contributed by atoms with Gasteiger partial charge in [0.1, 0.15) is 5.75 Å². The summed E-state index contributed by atoms with van der Waals surface area (Å²) in [5.74, 6) is 0.844. The molecular weight excluding hydrogens is 358 g/mol. The second-order valence-corrected chi connectivity index (χ2v) is 6.76. The van der Waals surface area contributed by atoms with Crippen molar-refractivity contribution in [3.63, 3.8) is 0 Å². The largest absolute Gasteiger partial charge is 0.492 e. The molecule has 0 amide bonds. The lowest BCUT2D eigenvalue weighted by atomic mass is 10.1. The molecule has 0 saturated heterocycles. The summed E-state index contributed by atoms with van der Waals surface area (Å²) in [5, 5.41) is 2.80. The molecule has 108 valence electrons. The Morgan fingerprint density at radius 3 is 2.75 bits per heavy atom. The number of halogens is 2. The minimum atomic E-state index is -0.210. The molecule has 0 aliphatic carbocycles. The molecule has 1 aromatic heterocycles. The molecule has 5 heteroatoms. The normalized spacial score (nSPS) is 12.4. The molecule has 1 aromatic carbocycles. The van der Waals surface area contributed by atoms with Gasteiger partial charge in [0.2, 0.25) is 0 Å². The van der Waals surface area contributed by atoms with E-state index in [1.807, 2.05) is 30.5 Å². The van der Waals surface area contributed by atoms with E-state index in [9.17, 15) is 0 Å². The van der Waals surface area contributed by atoms with Gasteiger partial charge in [0.15, 0.2) is 0 Å². The third-order valence-electron chi connectivity index (χ3n) is 2.98. The lowest BCUT2D eigenvalue weighted by molar-refractivity contribution is 0.315. The van der Waals surface area contributed by atoms with Crippen molar-refractivity contribution in [2.45, 2.75) is 26.3 Å². The first-order chi connectivity index (χ1) is 9.54. The van der Waals surface area contributed by atoms with Crippen molar-refractivity contribution >= 4 is 38.9 Å². The van der Waals surface area contributed by atoms with E-state index in [2.05, 4.69) is 22.9 Å². The van der Waals surface area contributed by atoms with Crippen molar-refractivity contribution < 1.29 is 4.74 Å². The number of nitrogens with two attached hydrogens (primary N) is 1. The Kier molecular flexibility index (Phi) is 5.49. The summed E-state index contributed by atoms with van der Waals surface area (Å²) in [4.78, 5) is 0.998. The highest BCUT2D eigenvalue weighted by Crippen LogP contribution is 2.36. The Balaban J connectivity index is 2.25. The van der Waals surface area contributed by atoms with Crippen LogP contribution in [0.4, 0.5) is 0 Å². The fourth-order valence-electron chi connectivity index (χ4n) is 1.85. The van der Waals surface area contributed by atoms with Crippen LogP contribution in [0.15, 0.2) is 28.1 Å². The molecule has 0 aliphatic heterocycles. The lowest BCUT2D eigenvalue weighted by Gasteiger charge is -2.14. The molecule has 1 heterocycles. The lowest BCUT2D eigenvalue weighted by Crippen LogP contribution is -2.11. The molecular formula is C15H17BrClNOS. The van der Waals surface area contributed by atoms with Gasteiger partial charge >= 0.3 is 0 Å². The van der Waals surface area contributed by atoms with E-state index in [0.29, 0.717) is 6.61 Å². The van der Waals surface area contributed by atoms with E-state index in [4.69, 9.17) is 22.1 Å². The van der Waals surface area contributed by atoms with E-state index in [0.717, 1.165) is 37.7 Å².